The molecular formula is C36H40N4O7. The molecular weight excluding hydrogens is 600 g/mol. The van der Waals surface area contributed by atoms with E-state index in [1.165, 1.54) is 20.1 Å². The molecule has 3 aromatic carbocycles. The van der Waals surface area contributed by atoms with Crippen molar-refractivity contribution in [3.8, 4) is 34.1 Å². The topological polar surface area (TPSA) is 137 Å². The van der Waals surface area contributed by atoms with Crippen LogP contribution < -0.4 is 40.3 Å². The van der Waals surface area contributed by atoms with Crippen molar-refractivity contribution in [3.05, 3.63) is 76.1 Å². The predicted octanol–water partition coefficient (Wildman–Crippen LogP) is 5.50. The Morgan fingerprint density at radius 3 is 2.34 bits per heavy atom. The fourth-order valence-corrected chi connectivity index (χ4v) is 6.05. The second kappa shape index (κ2) is 14.0. The standard InChI is InChI=1S/C36H40N4O7/c1-19(2)33(36(43)39-23-14-21-8-10-24(44-4)16-29(21)37-18-23)40-28-13-11-25-26(17-30(28)42)27(38-20(3)41)12-9-22-15-31(45-5)34(46-6)35(47-7)32(22)25/h8,10-11,13-19,27,33H,9,12H2,1-7H3,(H,38,41)(H,39,43)(H,40,42). The highest BCUT2D eigenvalue weighted by Crippen LogP contribution is 2.50. The van der Waals surface area contributed by atoms with Gasteiger partial charge in [0.2, 0.25) is 23.0 Å². The molecule has 3 N–H and O–H groups in total. The van der Waals surface area contributed by atoms with Crippen molar-refractivity contribution >= 4 is 34.1 Å². The summed E-state index contributed by atoms with van der Waals surface area (Å²) in [6.07, 6.45) is 2.71. The van der Waals surface area contributed by atoms with Gasteiger partial charge in [0.25, 0.3) is 0 Å². The molecule has 5 rings (SSSR count). The molecule has 11 heteroatoms. The first-order valence-electron chi connectivity index (χ1n) is 15.4. The quantitative estimate of drug-likeness (QED) is 0.205. The van der Waals surface area contributed by atoms with Crippen molar-refractivity contribution in [1.29, 1.82) is 0 Å². The van der Waals surface area contributed by atoms with E-state index in [2.05, 4.69) is 20.9 Å². The molecule has 1 aromatic heterocycles. The highest BCUT2D eigenvalue weighted by molar-refractivity contribution is 5.98. The number of methoxy groups -OCH3 is 4. The molecule has 0 saturated heterocycles. The fraction of sp³-hybridized carbons (Fsp3) is 0.333. The number of aryl methyl sites for hydroxylation is 1. The summed E-state index contributed by atoms with van der Waals surface area (Å²) in [5.41, 5.74) is 4.16. The Morgan fingerprint density at radius 1 is 0.915 bits per heavy atom. The summed E-state index contributed by atoms with van der Waals surface area (Å²) >= 11 is 0. The Morgan fingerprint density at radius 2 is 1.68 bits per heavy atom. The van der Waals surface area contributed by atoms with Gasteiger partial charge >= 0.3 is 0 Å². The number of carbonyl (C=O) groups excluding carboxylic acids is 2. The Kier molecular flexibility index (Phi) is 9.83. The van der Waals surface area contributed by atoms with Gasteiger partial charge in [0.05, 0.1) is 57.6 Å². The molecule has 0 fully saturated rings. The largest absolute Gasteiger partial charge is 0.497 e. The van der Waals surface area contributed by atoms with E-state index >= 15 is 0 Å². The van der Waals surface area contributed by atoms with Crippen molar-refractivity contribution in [2.45, 2.75) is 45.7 Å². The van der Waals surface area contributed by atoms with E-state index in [0.29, 0.717) is 52.7 Å². The number of rotatable bonds is 10. The van der Waals surface area contributed by atoms with Crippen molar-refractivity contribution < 1.29 is 28.5 Å². The summed E-state index contributed by atoms with van der Waals surface area (Å²) in [4.78, 5) is 44.2. The number of ether oxygens (including phenoxy) is 4. The van der Waals surface area contributed by atoms with E-state index in [1.807, 2.05) is 50.2 Å². The summed E-state index contributed by atoms with van der Waals surface area (Å²) in [7, 11) is 6.24. The minimum absolute atomic E-state index is 0.180. The first kappa shape index (κ1) is 33.1. The van der Waals surface area contributed by atoms with Gasteiger partial charge in [0.1, 0.15) is 11.8 Å². The first-order chi connectivity index (χ1) is 22.6. The van der Waals surface area contributed by atoms with Gasteiger partial charge in [-0.3, -0.25) is 19.4 Å². The molecule has 1 heterocycles. The van der Waals surface area contributed by atoms with Crippen molar-refractivity contribution in [2.75, 3.05) is 39.1 Å². The van der Waals surface area contributed by atoms with Gasteiger partial charge < -0.3 is 34.9 Å². The molecule has 0 aliphatic heterocycles. The maximum Gasteiger partial charge on any atom is 0.247 e. The second-order valence-corrected chi connectivity index (χ2v) is 11.7. The molecule has 11 nitrogen and oxygen atoms in total. The Bertz CT molecular complexity index is 1890. The second-order valence-electron chi connectivity index (χ2n) is 11.7. The molecule has 2 unspecified atom stereocenters. The molecule has 246 valence electrons. The molecule has 47 heavy (non-hydrogen) atoms. The zero-order valence-electron chi connectivity index (χ0n) is 27.6. The molecule has 0 radical (unpaired) electrons. The number of amides is 2. The Labute approximate surface area is 273 Å². The van der Waals surface area contributed by atoms with Crippen molar-refractivity contribution in [1.82, 2.24) is 10.3 Å². The van der Waals surface area contributed by atoms with E-state index in [-0.39, 0.29) is 28.8 Å². The van der Waals surface area contributed by atoms with Crippen LogP contribution >= 0.6 is 0 Å². The summed E-state index contributed by atoms with van der Waals surface area (Å²) in [5.74, 6) is 1.37. The van der Waals surface area contributed by atoms with Gasteiger partial charge in [-0.2, -0.15) is 0 Å². The average molecular weight is 641 g/mol. The van der Waals surface area contributed by atoms with E-state index in [9.17, 15) is 14.4 Å². The summed E-state index contributed by atoms with van der Waals surface area (Å²) in [5, 5.41) is 10.0. The molecule has 0 bridgehead atoms. The van der Waals surface area contributed by atoms with Crippen LogP contribution in [0.2, 0.25) is 0 Å². The smallest absolute Gasteiger partial charge is 0.247 e. The molecule has 2 amide bonds. The van der Waals surface area contributed by atoms with Crippen LogP contribution in [-0.4, -0.2) is 51.3 Å². The minimum atomic E-state index is -0.756. The lowest BCUT2D eigenvalue weighted by Gasteiger charge is -2.22. The third kappa shape index (κ3) is 6.79. The average Bonchev–Trinajstić information content (AvgIpc) is 3.29. The van der Waals surface area contributed by atoms with Crippen LogP contribution in [0.5, 0.6) is 23.0 Å². The van der Waals surface area contributed by atoms with Gasteiger partial charge in [0, 0.05) is 23.9 Å². The Hall–Kier alpha value is -5.32. The zero-order chi connectivity index (χ0) is 33.8. The number of anilines is 2. The van der Waals surface area contributed by atoms with Crippen LogP contribution in [0.15, 0.2) is 59.5 Å². The van der Waals surface area contributed by atoms with Gasteiger partial charge in [-0.15, -0.1) is 0 Å². The maximum atomic E-state index is 13.9. The number of nitrogens with zero attached hydrogens (tertiary/aromatic N) is 1. The van der Waals surface area contributed by atoms with Crippen LogP contribution in [0.1, 0.15) is 44.4 Å². The molecule has 2 atom stereocenters. The summed E-state index contributed by atoms with van der Waals surface area (Å²) in [6, 6.07) is 13.1. The number of benzene rings is 2. The lowest BCUT2D eigenvalue weighted by Crippen LogP contribution is -2.40. The van der Waals surface area contributed by atoms with Gasteiger partial charge in [-0.25, -0.2) is 0 Å². The van der Waals surface area contributed by atoms with Crippen LogP contribution in [-0.2, 0) is 16.0 Å². The number of fused-ring (bicyclic) bond motifs is 4. The fourth-order valence-electron chi connectivity index (χ4n) is 6.05. The number of nitrogens with one attached hydrogen (secondary N) is 3. The highest BCUT2D eigenvalue weighted by Gasteiger charge is 2.30. The SMILES string of the molecule is COc1ccc2cc(NC(=O)C(Nc3ccc4c(cc3=O)C(NC(C)=O)CCc3cc(OC)c(OC)c(OC)c3-4)C(C)C)cnc2c1. The predicted molar refractivity (Wildman–Crippen MR) is 182 cm³/mol. The van der Waals surface area contributed by atoms with E-state index in [4.69, 9.17) is 18.9 Å². The van der Waals surface area contributed by atoms with E-state index in [0.717, 1.165) is 22.0 Å². The normalized spacial score (nSPS) is 14.3. The minimum Gasteiger partial charge on any atom is -0.497 e. The summed E-state index contributed by atoms with van der Waals surface area (Å²) < 4.78 is 22.4. The number of pyridine rings is 1. The van der Waals surface area contributed by atoms with Crippen molar-refractivity contribution in [2.24, 2.45) is 5.92 Å². The first-order valence-corrected chi connectivity index (χ1v) is 15.4. The molecule has 1 aliphatic rings. The van der Waals surface area contributed by atoms with Crippen LogP contribution in [0.3, 0.4) is 0 Å². The van der Waals surface area contributed by atoms with Gasteiger partial charge in [-0.05, 0) is 71.8 Å². The number of hydrogen-bond acceptors (Lipinski definition) is 9. The molecule has 1 aliphatic carbocycles. The summed E-state index contributed by atoms with van der Waals surface area (Å²) in [6.45, 7) is 5.25. The molecule has 4 aromatic rings. The number of hydrogen-bond donors (Lipinski definition) is 3. The van der Waals surface area contributed by atoms with Gasteiger partial charge in [-0.1, -0.05) is 19.9 Å². The van der Waals surface area contributed by atoms with Crippen molar-refractivity contribution in [3.63, 3.8) is 0 Å². The van der Waals surface area contributed by atoms with Crippen LogP contribution in [0, 0.1) is 5.92 Å². The number of aromatic nitrogens is 1. The molecule has 0 spiro atoms. The van der Waals surface area contributed by atoms with E-state index < -0.39 is 12.1 Å². The lowest BCUT2D eigenvalue weighted by molar-refractivity contribution is -0.120. The molecule has 0 saturated carbocycles. The van der Waals surface area contributed by atoms with Crippen LogP contribution in [0.4, 0.5) is 11.4 Å². The lowest BCUT2D eigenvalue weighted by atomic mass is 9.95. The zero-order valence-corrected chi connectivity index (χ0v) is 27.6. The third-order valence-corrected chi connectivity index (χ3v) is 8.34. The highest BCUT2D eigenvalue weighted by atomic mass is 16.5. The number of carbonyl (C=O) groups is 2. The monoisotopic (exact) mass is 640 g/mol. The third-order valence-electron chi connectivity index (χ3n) is 8.34. The van der Waals surface area contributed by atoms with Crippen LogP contribution in [0.25, 0.3) is 22.0 Å². The van der Waals surface area contributed by atoms with Gasteiger partial charge in [0.15, 0.2) is 11.5 Å². The van der Waals surface area contributed by atoms with E-state index in [1.54, 1.807) is 33.6 Å². The maximum absolute atomic E-state index is 13.9. The Balaban J connectivity index is 1.55.